The Bertz CT molecular complexity index is 989. The minimum atomic E-state index is -0.689. The lowest BCUT2D eigenvalue weighted by atomic mass is 10.1. The smallest absolute Gasteiger partial charge is 0.259 e. The lowest BCUT2D eigenvalue weighted by Crippen LogP contribution is -2.16. The van der Waals surface area contributed by atoms with Crippen molar-refractivity contribution < 1.29 is 18.7 Å². The Balaban J connectivity index is 1.63. The van der Waals surface area contributed by atoms with Gasteiger partial charge in [-0.15, -0.1) is 0 Å². The fraction of sp³-hybridized carbons (Fsp3) is 0.182. The van der Waals surface area contributed by atoms with Crippen LogP contribution in [0.5, 0.6) is 17.2 Å². The molecule has 29 heavy (non-hydrogen) atoms. The molecule has 0 aliphatic heterocycles. The summed E-state index contributed by atoms with van der Waals surface area (Å²) in [7, 11) is 0. The highest BCUT2D eigenvalue weighted by molar-refractivity contribution is 6.07. The largest absolute Gasteiger partial charge is 0.494 e. The average molecular weight is 395 g/mol. The molecular formula is C22H22FN3O3. The Morgan fingerprint density at radius 1 is 1.07 bits per heavy atom. The molecule has 1 amide bonds. The number of carbonyl (C=O) groups is 1. The molecule has 0 spiro atoms. The van der Waals surface area contributed by atoms with Crippen molar-refractivity contribution >= 4 is 17.4 Å². The van der Waals surface area contributed by atoms with Crippen molar-refractivity contribution in [3.05, 3.63) is 71.7 Å². The number of nitrogens with zero attached hydrogens (tertiary/aromatic N) is 1. The van der Waals surface area contributed by atoms with E-state index in [-0.39, 0.29) is 16.9 Å². The number of nitrogens with two attached hydrogens (primary N) is 1. The van der Waals surface area contributed by atoms with Crippen LogP contribution in [0, 0.1) is 12.9 Å². The summed E-state index contributed by atoms with van der Waals surface area (Å²) in [5.74, 6) is 0.772. The maximum atomic E-state index is 13.4. The van der Waals surface area contributed by atoms with Gasteiger partial charge >= 0.3 is 0 Å². The van der Waals surface area contributed by atoms with E-state index < -0.39 is 11.9 Å². The van der Waals surface area contributed by atoms with E-state index in [4.69, 9.17) is 15.2 Å². The molecule has 1 aromatic heterocycles. The molecule has 0 saturated carbocycles. The van der Waals surface area contributed by atoms with E-state index in [1.54, 1.807) is 24.3 Å². The number of ether oxygens (including phenoxy) is 2. The van der Waals surface area contributed by atoms with Gasteiger partial charge in [-0.05, 0) is 67.9 Å². The number of hydrogen-bond donors (Lipinski definition) is 2. The third-order valence-electron chi connectivity index (χ3n) is 4.07. The SMILES string of the molecule is CCCOc1ccc(Oc2ccc(NC(=O)c3cc(C)c(F)nc3N)cc2)cc1. The van der Waals surface area contributed by atoms with Gasteiger partial charge in [0.15, 0.2) is 0 Å². The number of pyridine rings is 1. The molecule has 7 heteroatoms. The van der Waals surface area contributed by atoms with E-state index in [0.29, 0.717) is 23.8 Å². The van der Waals surface area contributed by atoms with Gasteiger partial charge in [0.1, 0.15) is 23.1 Å². The first-order valence-electron chi connectivity index (χ1n) is 9.21. The van der Waals surface area contributed by atoms with Crippen LogP contribution in [-0.2, 0) is 0 Å². The summed E-state index contributed by atoms with van der Waals surface area (Å²) in [5, 5.41) is 2.71. The molecule has 0 saturated heterocycles. The van der Waals surface area contributed by atoms with Crippen molar-refractivity contribution in [1.82, 2.24) is 4.98 Å². The van der Waals surface area contributed by atoms with Gasteiger partial charge in [0.2, 0.25) is 5.95 Å². The van der Waals surface area contributed by atoms with Crippen LogP contribution < -0.4 is 20.5 Å². The Labute approximate surface area is 168 Å². The standard InChI is InChI=1S/C22H22FN3O3/c1-3-12-28-16-8-10-18(11-9-16)29-17-6-4-15(5-7-17)25-22(27)19-13-14(2)20(23)26-21(19)24/h4-11,13H,3,12H2,1-2H3,(H2,24,26)(H,25,27). The van der Waals surface area contributed by atoms with Crippen molar-refractivity contribution in [3.63, 3.8) is 0 Å². The van der Waals surface area contributed by atoms with Crippen molar-refractivity contribution in [2.24, 2.45) is 0 Å². The Kier molecular flexibility index (Phi) is 6.29. The fourth-order valence-electron chi connectivity index (χ4n) is 2.55. The van der Waals surface area contributed by atoms with Gasteiger partial charge in [0.05, 0.1) is 12.2 Å². The molecule has 0 aliphatic rings. The van der Waals surface area contributed by atoms with Gasteiger partial charge in [0, 0.05) is 11.3 Å². The van der Waals surface area contributed by atoms with Crippen LogP contribution in [0.15, 0.2) is 54.6 Å². The summed E-state index contributed by atoms with van der Waals surface area (Å²) in [4.78, 5) is 15.9. The third kappa shape index (κ3) is 5.22. The van der Waals surface area contributed by atoms with Crippen molar-refractivity contribution in [2.45, 2.75) is 20.3 Å². The van der Waals surface area contributed by atoms with Crippen LogP contribution in [0.4, 0.5) is 15.9 Å². The minimum Gasteiger partial charge on any atom is -0.494 e. The second-order valence-electron chi connectivity index (χ2n) is 6.43. The van der Waals surface area contributed by atoms with E-state index >= 15 is 0 Å². The number of benzene rings is 2. The van der Waals surface area contributed by atoms with Crippen LogP contribution >= 0.6 is 0 Å². The molecule has 150 valence electrons. The highest BCUT2D eigenvalue weighted by Gasteiger charge is 2.14. The number of aromatic nitrogens is 1. The number of carbonyl (C=O) groups excluding carboxylic acids is 1. The highest BCUT2D eigenvalue weighted by Crippen LogP contribution is 2.25. The second-order valence-corrected chi connectivity index (χ2v) is 6.43. The first kappa shape index (κ1) is 20.1. The zero-order chi connectivity index (χ0) is 20.8. The number of aryl methyl sites for hydroxylation is 1. The van der Waals surface area contributed by atoms with E-state index in [1.165, 1.54) is 13.0 Å². The molecule has 0 bridgehead atoms. The van der Waals surface area contributed by atoms with E-state index in [2.05, 4.69) is 17.2 Å². The van der Waals surface area contributed by atoms with E-state index in [1.807, 2.05) is 24.3 Å². The van der Waals surface area contributed by atoms with Crippen LogP contribution in [0.2, 0.25) is 0 Å². The monoisotopic (exact) mass is 395 g/mol. The van der Waals surface area contributed by atoms with Crippen LogP contribution in [-0.4, -0.2) is 17.5 Å². The normalized spacial score (nSPS) is 10.4. The number of rotatable bonds is 7. The molecule has 1 heterocycles. The van der Waals surface area contributed by atoms with Gasteiger partial charge < -0.3 is 20.5 Å². The number of halogens is 1. The topological polar surface area (TPSA) is 86.5 Å². The first-order valence-corrected chi connectivity index (χ1v) is 9.21. The Hall–Kier alpha value is -3.61. The van der Waals surface area contributed by atoms with Crippen molar-refractivity contribution in [1.29, 1.82) is 0 Å². The van der Waals surface area contributed by atoms with Crippen LogP contribution in [0.1, 0.15) is 29.3 Å². The van der Waals surface area contributed by atoms with Crippen LogP contribution in [0.3, 0.4) is 0 Å². The molecule has 0 atom stereocenters. The van der Waals surface area contributed by atoms with E-state index in [9.17, 15) is 9.18 Å². The quantitative estimate of drug-likeness (QED) is 0.553. The first-order chi connectivity index (χ1) is 14.0. The summed E-state index contributed by atoms with van der Waals surface area (Å²) < 4.78 is 24.7. The molecule has 3 N–H and O–H groups in total. The number of hydrogen-bond acceptors (Lipinski definition) is 5. The molecule has 3 rings (SSSR count). The number of nitrogens with one attached hydrogen (secondary N) is 1. The maximum Gasteiger partial charge on any atom is 0.259 e. The Morgan fingerprint density at radius 3 is 2.28 bits per heavy atom. The van der Waals surface area contributed by atoms with Crippen LogP contribution in [0.25, 0.3) is 0 Å². The van der Waals surface area contributed by atoms with Gasteiger partial charge in [-0.3, -0.25) is 4.79 Å². The average Bonchev–Trinajstić information content (AvgIpc) is 2.71. The lowest BCUT2D eigenvalue weighted by Gasteiger charge is -2.10. The predicted octanol–water partition coefficient (Wildman–Crippen LogP) is 4.94. The molecule has 6 nitrogen and oxygen atoms in total. The highest BCUT2D eigenvalue weighted by atomic mass is 19.1. The summed E-state index contributed by atoms with van der Waals surface area (Å²) in [6, 6.07) is 15.6. The molecular weight excluding hydrogens is 373 g/mol. The molecule has 3 aromatic rings. The number of anilines is 2. The zero-order valence-electron chi connectivity index (χ0n) is 16.2. The third-order valence-corrected chi connectivity index (χ3v) is 4.07. The fourth-order valence-corrected chi connectivity index (χ4v) is 2.55. The van der Waals surface area contributed by atoms with Gasteiger partial charge in [-0.2, -0.15) is 4.39 Å². The van der Waals surface area contributed by atoms with Gasteiger partial charge in [-0.25, -0.2) is 4.98 Å². The minimum absolute atomic E-state index is 0.120. The number of amides is 1. The molecule has 0 unspecified atom stereocenters. The summed E-state index contributed by atoms with van der Waals surface area (Å²) in [6.07, 6.45) is 0.949. The Morgan fingerprint density at radius 2 is 1.66 bits per heavy atom. The zero-order valence-corrected chi connectivity index (χ0v) is 16.2. The molecule has 2 aromatic carbocycles. The number of nitrogen functional groups attached to an aromatic ring is 1. The maximum absolute atomic E-state index is 13.4. The van der Waals surface area contributed by atoms with Gasteiger partial charge in [0.25, 0.3) is 5.91 Å². The molecule has 0 fully saturated rings. The van der Waals surface area contributed by atoms with E-state index in [0.717, 1.165) is 12.2 Å². The van der Waals surface area contributed by atoms with Crippen molar-refractivity contribution in [3.8, 4) is 17.2 Å². The summed E-state index contributed by atoms with van der Waals surface area (Å²) in [5.41, 5.74) is 6.57. The van der Waals surface area contributed by atoms with Gasteiger partial charge in [-0.1, -0.05) is 6.92 Å². The van der Waals surface area contributed by atoms with Crippen molar-refractivity contribution in [2.75, 3.05) is 17.7 Å². The second kappa shape index (κ2) is 9.05. The lowest BCUT2D eigenvalue weighted by molar-refractivity contribution is 0.102. The predicted molar refractivity (Wildman–Crippen MR) is 110 cm³/mol. The summed E-state index contributed by atoms with van der Waals surface area (Å²) >= 11 is 0. The molecule has 0 aliphatic carbocycles. The summed E-state index contributed by atoms with van der Waals surface area (Å²) in [6.45, 7) is 4.25. The molecule has 0 radical (unpaired) electrons.